The van der Waals surface area contributed by atoms with Crippen LogP contribution in [-0.4, -0.2) is 23.6 Å². The molecule has 3 aromatic carbocycles. The highest BCUT2D eigenvalue weighted by Crippen LogP contribution is 2.41. The predicted octanol–water partition coefficient (Wildman–Crippen LogP) is 5.47. The molecule has 0 saturated heterocycles. The molecule has 0 fully saturated rings. The fraction of sp³-hybridized carbons (Fsp3) is 0.0870. The SMILES string of the molecule is CSc1c(Oc2cccc(C(N)=S)c2)c(F)cc2c1ccn2S(=O)(=O)c1ccccc1C. The number of ether oxygens (including phenoxy) is 1. The summed E-state index contributed by atoms with van der Waals surface area (Å²) in [5.41, 5.74) is 7.12. The normalized spacial score (nSPS) is 11.6. The van der Waals surface area contributed by atoms with Crippen molar-refractivity contribution in [3.8, 4) is 11.5 Å². The number of nitrogens with zero attached hydrogens (tertiary/aromatic N) is 1. The Morgan fingerprint density at radius 1 is 1.12 bits per heavy atom. The van der Waals surface area contributed by atoms with Crippen molar-refractivity contribution >= 4 is 49.9 Å². The fourth-order valence-electron chi connectivity index (χ4n) is 3.47. The van der Waals surface area contributed by atoms with Crippen LogP contribution in [0.3, 0.4) is 0 Å². The molecule has 0 spiro atoms. The van der Waals surface area contributed by atoms with Gasteiger partial charge in [0.05, 0.1) is 15.3 Å². The maximum absolute atomic E-state index is 15.2. The molecule has 0 aliphatic heterocycles. The molecule has 32 heavy (non-hydrogen) atoms. The number of rotatable bonds is 6. The van der Waals surface area contributed by atoms with Crippen LogP contribution in [0.2, 0.25) is 0 Å². The summed E-state index contributed by atoms with van der Waals surface area (Å²) >= 11 is 6.26. The molecule has 9 heteroatoms. The van der Waals surface area contributed by atoms with E-state index in [0.29, 0.717) is 27.2 Å². The number of hydrogen-bond acceptors (Lipinski definition) is 5. The molecule has 0 aliphatic rings. The number of benzene rings is 3. The summed E-state index contributed by atoms with van der Waals surface area (Å²) in [6, 6.07) is 16.3. The second-order valence-electron chi connectivity index (χ2n) is 7.03. The minimum Gasteiger partial charge on any atom is -0.453 e. The van der Waals surface area contributed by atoms with Crippen molar-refractivity contribution in [1.82, 2.24) is 3.97 Å². The van der Waals surface area contributed by atoms with Crippen LogP contribution in [0.25, 0.3) is 10.9 Å². The van der Waals surface area contributed by atoms with E-state index in [1.807, 2.05) is 0 Å². The lowest BCUT2D eigenvalue weighted by atomic mass is 10.2. The van der Waals surface area contributed by atoms with Crippen molar-refractivity contribution in [3.05, 3.63) is 83.8 Å². The molecule has 1 aromatic heterocycles. The number of aryl methyl sites for hydroxylation is 1. The van der Waals surface area contributed by atoms with E-state index in [4.69, 9.17) is 22.7 Å². The van der Waals surface area contributed by atoms with Crippen molar-refractivity contribution in [2.75, 3.05) is 6.26 Å². The zero-order valence-corrected chi connectivity index (χ0v) is 19.7. The largest absolute Gasteiger partial charge is 0.453 e. The number of aromatic nitrogens is 1. The van der Waals surface area contributed by atoms with Gasteiger partial charge < -0.3 is 10.5 Å². The lowest BCUT2D eigenvalue weighted by Gasteiger charge is -2.14. The average molecular weight is 487 g/mol. The van der Waals surface area contributed by atoms with Gasteiger partial charge in [-0.3, -0.25) is 0 Å². The number of halogens is 1. The van der Waals surface area contributed by atoms with Crippen LogP contribution < -0.4 is 10.5 Å². The molecule has 0 aliphatic carbocycles. The van der Waals surface area contributed by atoms with Gasteiger partial charge >= 0.3 is 0 Å². The highest BCUT2D eigenvalue weighted by atomic mass is 32.2. The first-order chi connectivity index (χ1) is 15.2. The maximum atomic E-state index is 15.2. The van der Waals surface area contributed by atoms with Gasteiger partial charge in [-0.25, -0.2) is 16.8 Å². The molecule has 1 heterocycles. The summed E-state index contributed by atoms with van der Waals surface area (Å²) in [4.78, 5) is 0.855. The topological polar surface area (TPSA) is 74.3 Å². The summed E-state index contributed by atoms with van der Waals surface area (Å²) in [7, 11) is -3.91. The first-order valence-electron chi connectivity index (χ1n) is 9.50. The van der Waals surface area contributed by atoms with E-state index in [9.17, 15) is 8.42 Å². The number of nitrogens with two attached hydrogens (primary N) is 1. The smallest absolute Gasteiger partial charge is 0.268 e. The van der Waals surface area contributed by atoms with Crippen molar-refractivity contribution < 1.29 is 17.5 Å². The van der Waals surface area contributed by atoms with Crippen LogP contribution in [-0.2, 0) is 10.0 Å². The average Bonchev–Trinajstić information content (AvgIpc) is 3.18. The molecular weight excluding hydrogens is 467 g/mol. The molecule has 5 nitrogen and oxygen atoms in total. The standard InChI is InChI=1S/C23H19FN2O3S3/c1-14-6-3-4-9-20(14)32(27,28)26-11-10-17-19(26)13-18(24)21(22(17)31-2)29-16-8-5-7-15(12-16)23(25)30/h3-13H,1-2H3,(H2,25,30). The molecule has 4 rings (SSSR count). The Morgan fingerprint density at radius 3 is 2.56 bits per heavy atom. The Hall–Kier alpha value is -2.88. The van der Waals surface area contributed by atoms with E-state index in [-0.39, 0.29) is 21.2 Å². The van der Waals surface area contributed by atoms with Gasteiger partial charge in [0.15, 0.2) is 11.6 Å². The van der Waals surface area contributed by atoms with Gasteiger partial charge in [-0.05, 0) is 43.0 Å². The Labute approximate surface area is 195 Å². The Morgan fingerprint density at radius 2 is 1.88 bits per heavy atom. The van der Waals surface area contributed by atoms with Gasteiger partial charge in [-0.1, -0.05) is 42.5 Å². The third-order valence-corrected chi connectivity index (χ3v) is 7.89. The highest BCUT2D eigenvalue weighted by Gasteiger charge is 2.24. The molecule has 2 N–H and O–H groups in total. The Balaban J connectivity index is 1.86. The third kappa shape index (κ3) is 3.87. The first kappa shape index (κ1) is 22.3. The number of hydrogen-bond donors (Lipinski definition) is 1. The van der Waals surface area contributed by atoms with Crippen LogP contribution in [0, 0.1) is 12.7 Å². The molecule has 0 unspecified atom stereocenters. The summed E-state index contributed by atoms with van der Waals surface area (Å²) in [5.74, 6) is -0.297. The van der Waals surface area contributed by atoms with Crippen molar-refractivity contribution in [2.45, 2.75) is 16.7 Å². The molecule has 0 amide bonds. The maximum Gasteiger partial charge on any atom is 0.268 e. The second-order valence-corrected chi connectivity index (χ2v) is 10.1. The minimum absolute atomic E-state index is 0.0103. The molecule has 164 valence electrons. The van der Waals surface area contributed by atoms with E-state index in [1.54, 1.807) is 61.7 Å². The molecule has 0 bridgehead atoms. The van der Waals surface area contributed by atoms with E-state index in [2.05, 4.69) is 0 Å². The van der Waals surface area contributed by atoms with E-state index >= 15 is 4.39 Å². The third-order valence-electron chi connectivity index (χ3n) is 4.99. The van der Waals surface area contributed by atoms with Crippen LogP contribution in [0.1, 0.15) is 11.1 Å². The van der Waals surface area contributed by atoms with Gasteiger partial charge in [-0.15, -0.1) is 11.8 Å². The van der Waals surface area contributed by atoms with Crippen molar-refractivity contribution in [3.63, 3.8) is 0 Å². The van der Waals surface area contributed by atoms with Crippen LogP contribution in [0.15, 0.2) is 76.7 Å². The second kappa shape index (κ2) is 8.57. The lowest BCUT2D eigenvalue weighted by molar-refractivity contribution is 0.432. The van der Waals surface area contributed by atoms with Gasteiger partial charge in [-0.2, -0.15) is 0 Å². The summed E-state index contributed by atoms with van der Waals surface area (Å²) in [6.07, 6.45) is 3.21. The highest BCUT2D eigenvalue weighted by molar-refractivity contribution is 7.99. The minimum atomic E-state index is -3.91. The van der Waals surface area contributed by atoms with E-state index < -0.39 is 15.8 Å². The van der Waals surface area contributed by atoms with Gasteiger partial charge in [0.25, 0.3) is 10.0 Å². The fourth-order valence-corrected chi connectivity index (χ4v) is 5.88. The molecule has 0 radical (unpaired) electrons. The zero-order valence-electron chi connectivity index (χ0n) is 17.2. The summed E-state index contributed by atoms with van der Waals surface area (Å²) in [6.45, 7) is 1.72. The van der Waals surface area contributed by atoms with E-state index in [1.165, 1.54) is 30.1 Å². The van der Waals surface area contributed by atoms with Gasteiger partial charge in [0, 0.05) is 23.2 Å². The quantitative estimate of drug-likeness (QED) is 0.288. The van der Waals surface area contributed by atoms with Gasteiger partial charge in [0.1, 0.15) is 10.7 Å². The zero-order chi connectivity index (χ0) is 23.0. The summed E-state index contributed by atoms with van der Waals surface area (Å²) < 4.78 is 48.8. The molecule has 0 atom stereocenters. The Bertz CT molecular complexity index is 1460. The van der Waals surface area contributed by atoms with Crippen LogP contribution in [0.5, 0.6) is 11.5 Å². The Kier molecular flexibility index (Phi) is 5.98. The predicted molar refractivity (Wildman–Crippen MR) is 130 cm³/mol. The number of fused-ring (bicyclic) bond motifs is 1. The monoisotopic (exact) mass is 486 g/mol. The lowest BCUT2D eigenvalue weighted by Crippen LogP contribution is -2.13. The number of thiocarbonyl (C=S) groups is 1. The number of thioether (sulfide) groups is 1. The molecular formula is C23H19FN2O3S3. The molecule has 0 saturated carbocycles. The van der Waals surface area contributed by atoms with E-state index in [0.717, 1.165) is 3.97 Å². The van der Waals surface area contributed by atoms with Crippen LogP contribution >= 0.6 is 24.0 Å². The van der Waals surface area contributed by atoms with Crippen molar-refractivity contribution in [1.29, 1.82) is 0 Å². The van der Waals surface area contributed by atoms with Crippen molar-refractivity contribution in [2.24, 2.45) is 5.73 Å². The molecule has 4 aromatic rings. The van der Waals surface area contributed by atoms with Crippen LogP contribution in [0.4, 0.5) is 4.39 Å². The first-order valence-corrected chi connectivity index (χ1v) is 12.6. The summed E-state index contributed by atoms with van der Waals surface area (Å²) in [5, 5.41) is 0.566. The van der Waals surface area contributed by atoms with Gasteiger partial charge in [0.2, 0.25) is 0 Å².